The van der Waals surface area contributed by atoms with Crippen LogP contribution in [-0.2, 0) is 6.54 Å². The minimum Gasteiger partial charge on any atom is -0.326 e. The summed E-state index contributed by atoms with van der Waals surface area (Å²) in [6.45, 7) is 0.418. The molecular formula is C9H8N2O2S. The number of thiophene rings is 1. The maximum absolute atomic E-state index is 10.5. The van der Waals surface area contributed by atoms with Crippen molar-refractivity contribution in [3.05, 3.63) is 39.3 Å². The average Bonchev–Trinajstić information content (AvgIpc) is 2.59. The molecule has 0 aliphatic carbocycles. The molecule has 0 unspecified atom stereocenters. The highest BCUT2D eigenvalue weighted by molar-refractivity contribution is 7.17. The van der Waals surface area contributed by atoms with Gasteiger partial charge in [-0.2, -0.15) is 0 Å². The van der Waals surface area contributed by atoms with Crippen molar-refractivity contribution >= 4 is 27.1 Å². The first kappa shape index (κ1) is 9.11. The van der Waals surface area contributed by atoms with Gasteiger partial charge in [0, 0.05) is 28.8 Å². The van der Waals surface area contributed by atoms with Crippen LogP contribution in [0, 0.1) is 10.1 Å². The van der Waals surface area contributed by atoms with E-state index in [0.717, 1.165) is 15.6 Å². The summed E-state index contributed by atoms with van der Waals surface area (Å²) in [5.74, 6) is 0. The summed E-state index contributed by atoms with van der Waals surface area (Å²) in [6.07, 6.45) is 0. The van der Waals surface area contributed by atoms with Crippen LogP contribution >= 0.6 is 11.3 Å². The van der Waals surface area contributed by atoms with Gasteiger partial charge in [-0.15, -0.1) is 11.3 Å². The largest absolute Gasteiger partial charge is 0.326 e. The van der Waals surface area contributed by atoms with Crippen molar-refractivity contribution in [3.63, 3.8) is 0 Å². The van der Waals surface area contributed by atoms with Crippen LogP contribution in [0.2, 0.25) is 0 Å². The highest BCUT2D eigenvalue weighted by Crippen LogP contribution is 2.28. The van der Waals surface area contributed by atoms with Gasteiger partial charge in [-0.05, 0) is 17.0 Å². The molecule has 0 atom stereocenters. The van der Waals surface area contributed by atoms with Crippen LogP contribution in [0.4, 0.5) is 5.69 Å². The monoisotopic (exact) mass is 208 g/mol. The lowest BCUT2D eigenvalue weighted by molar-refractivity contribution is -0.384. The molecule has 0 radical (unpaired) electrons. The second-order valence-corrected chi connectivity index (χ2v) is 3.81. The van der Waals surface area contributed by atoms with Crippen molar-refractivity contribution < 1.29 is 4.92 Å². The summed E-state index contributed by atoms with van der Waals surface area (Å²) < 4.78 is 1.04. The molecule has 2 aromatic rings. The quantitative estimate of drug-likeness (QED) is 0.608. The van der Waals surface area contributed by atoms with E-state index in [1.807, 2.05) is 5.38 Å². The van der Waals surface area contributed by atoms with E-state index in [-0.39, 0.29) is 5.69 Å². The number of hydrogen-bond acceptors (Lipinski definition) is 4. The van der Waals surface area contributed by atoms with E-state index in [4.69, 9.17) is 5.73 Å². The smallest absolute Gasteiger partial charge is 0.270 e. The first-order valence-electron chi connectivity index (χ1n) is 4.07. The third-order valence-electron chi connectivity index (χ3n) is 2.07. The van der Waals surface area contributed by atoms with Crippen molar-refractivity contribution in [1.29, 1.82) is 0 Å². The Morgan fingerprint density at radius 3 is 2.93 bits per heavy atom. The number of hydrogen-bond donors (Lipinski definition) is 1. The minimum absolute atomic E-state index is 0.116. The zero-order chi connectivity index (χ0) is 10.1. The number of rotatable bonds is 2. The number of fused-ring (bicyclic) bond motifs is 1. The first-order chi connectivity index (χ1) is 6.72. The molecule has 5 heteroatoms. The van der Waals surface area contributed by atoms with Gasteiger partial charge in [0.05, 0.1) is 4.92 Å². The molecule has 0 bridgehead atoms. The Bertz CT molecular complexity index is 493. The van der Waals surface area contributed by atoms with E-state index < -0.39 is 4.92 Å². The van der Waals surface area contributed by atoms with Gasteiger partial charge in [0.25, 0.3) is 5.69 Å². The molecular weight excluding hydrogens is 200 g/mol. The van der Waals surface area contributed by atoms with Crippen LogP contribution in [0.3, 0.4) is 0 Å². The Balaban J connectivity index is 2.67. The molecule has 1 heterocycles. The van der Waals surface area contributed by atoms with Gasteiger partial charge in [0.2, 0.25) is 0 Å². The van der Waals surface area contributed by atoms with E-state index in [1.165, 1.54) is 6.07 Å². The number of benzene rings is 1. The van der Waals surface area contributed by atoms with Crippen LogP contribution in [0.1, 0.15) is 5.56 Å². The molecule has 14 heavy (non-hydrogen) atoms. The summed E-state index contributed by atoms with van der Waals surface area (Å²) in [4.78, 5) is 10.2. The lowest BCUT2D eigenvalue weighted by Crippen LogP contribution is -1.94. The number of nitrogens with two attached hydrogens (primary N) is 1. The SMILES string of the molecule is NCc1csc2ccc([N+](=O)[O-])cc12. The molecule has 0 aliphatic heterocycles. The van der Waals surface area contributed by atoms with Gasteiger partial charge < -0.3 is 5.73 Å². The molecule has 0 spiro atoms. The number of nitrogens with zero attached hydrogens (tertiary/aromatic N) is 1. The lowest BCUT2D eigenvalue weighted by Gasteiger charge is -1.94. The second-order valence-electron chi connectivity index (χ2n) is 2.90. The van der Waals surface area contributed by atoms with Gasteiger partial charge in [0.1, 0.15) is 0 Å². The zero-order valence-corrected chi connectivity index (χ0v) is 8.08. The van der Waals surface area contributed by atoms with Crippen molar-refractivity contribution in [2.45, 2.75) is 6.54 Å². The third kappa shape index (κ3) is 1.36. The summed E-state index contributed by atoms with van der Waals surface area (Å²) in [7, 11) is 0. The standard InChI is InChI=1S/C9H8N2O2S/c10-4-6-5-14-9-2-1-7(11(12)13)3-8(6)9/h1-3,5H,4,10H2. The Hall–Kier alpha value is -1.46. The maximum Gasteiger partial charge on any atom is 0.270 e. The lowest BCUT2D eigenvalue weighted by atomic mass is 10.1. The summed E-state index contributed by atoms with van der Waals surface area (Å²) in [6, 6.07) is 4.85. The molecule has 72 valence electrons. The first-order valence-corrected chi connectivity index (χ1v) is 4.95. The fourth-order valence-electron chi connectivity index (χ4n) is 1.34. The topological polar surface area (TPSA) is 69.2 Å². The van der Waals surface area contributed by atoms with Gasteiger partial charge in [-0.25, -0.2) is 0 Å². The molecule has 2 N–H and O–H groups in total. The van der Waals surface area contributed by atoms with E-state index in [9.17, 15) is 10.1 Å². The van der Waals surface area contributed by atoms with E-state index >= 15 is 0 Å². The molecule has 0 fully saturated rings. The highest BCUT2D eigenvalue weighted by atomic mass is 32.1. The van der Waals surface area contributed by atoms with Crippen LogP contribution in [0.25, 0.3) is 10.1 Å². The van der Waals surface area contributed by atoms with Crippen LogP contribution in [0.15, 0.2) is 23.6 Å². The van der Waals surface area contributed by atoms with Crippen molar-refractivity contribution in [1.82, 2.24) is 0 Å². The van der Waals surface area contributed by atoms with Crippen molar-refractivity contribution in [2.24, 2.45) is 5.73 Å². The summed E-state index contributed by atoms with van der Waals surface area (Å²) in [5.41, 5.74) is 6.61. The normalized spacial score (nSPS) is 10.6. The number of nitro groups is 1. The number of non-ortho nitro benzene ring substituents is 1. The molecule has 0 aliphatic rings. The van der Waals surface area contributed by atoms with Gasteiger partial charge in [-0.1, -0.05) is 0 Å². The Morgan fingerprint density at radius 1 is 1.50 bits per heavy atom. The zero-order valence-electron chi connectivity index (χ0n) is 7.27. The molecule has 1 aromatic heterocycles. The second kappa shape index (κ2) is 3.36. The Labute approximate surface area is 84.1 Å². The number of nitro benzene ring substituents is 1. The predicted molar refractivity (Wildman–Crippen MR) is 56.4 cm³/mol. The predicted octanol–water partition coefficient (Wildman–Crippen LogP) is 2.27. The molecule has 1 aromatic carbocycles. The Kier molecular flexibility index (Phi) is 2.18. The van der Waals surface area contributed by atoms with Gasteiger partial charge >= 0.3 is 0 Å². The summed E-state index contributed by atoms with van der Waals surface area (Å²) >= 11 is 1.56. The van der Waals surface area contributed by atoms with Gasteiger partial charge in [-0.3, -0.25) is 10.1 Å². The van der Waals surface area contributed by atoms with Crippen molar-refractivity contribution in [2.75, 3.05) is 0 Å². The maximum atomic E-state index is 10.5. The third-order valence-corrected chi connectivity index (χ3v) is 3.08. The summed E-state index contributed by atoms with van der Waals surface area (Å²) in [5, 5.41) is 13.4. The fourth-order valence-corrected chi connectivity index (χ4v) is 2.30. The van der Waals surface area contributed by atoms with Crippen molar-refractivity contribution in [3.8, 4) is 0 Å². The molecule has 0 amide bonds. The molecule has 2 rings (SSSR count). The van der Waals surface area contributed by atoms with E-state index in [1.54, 1.807) is 23.5 Å². The van der Waals surface area contributed by atoms with Crippen LogP contribution < -0.4 is 5.73 Å². The minimum atomic E-state index is -0.391. The van der Waals surface area contributed by atoms with E-state index in [0.29, 0.717) is 6.54 Å². The molecule has 4 nitrogen and oxygen atoms in total. The fraction of sp³-hybridized carbons (Fsp3) is 0.111. The highest BCUT2D eigenvalue weighted by Gasteiger charge is 2.09. The average molecular weight is 208 g/mol. The molecule has 0 saturated heterocycles. The van der Waals surface area contributed by atoms with Crippen LogP contribution in [0.5, 0.6) is 0 Å². The molecule has 0 saturated carbocycles. The Morgan fingerprint density at radius 2 is 2.29 bits per heavy atom. The van der Waals surface area contributed by atoms with Gasteiger partial charge in [0.15, 0.2) is 0 Å². The van der Waals surface area contributed by atoms with Crippen LogP contribution in [-0.4, -0.2) is 4.92 Å². The van der Waals surface area contributed by atoms with E-state index in [2.05, 4.69) is 0 Å².